The molecule has 0 aromatic heterocycles. The van der Waals surface area contributed by atoms with Crippen LogP contribution < -0.4 is 10.6 Å². The lowest BCUT2D eigenvalue weighted by molar-refractivity contribution is -0.146. The molecule has 3 rings (SSSR count). The van der Waals surface area contributed by atoms with Gasteiger partial charge in [0.2, 0.25) is 0 Å². The highest BCUT2D eigenvalue weighted by Gasteiger charge is 2.05. The van der Waals surface area contributed by atoms with Crippen LogP contribution in [0, 0.1) is 0 Å². The summed E-state index contributed by atoms with van der Waals surface area (Å²) in [5.74, 6) is -0.742. The molecule has 3 aromatic carbocycles. The lowest BCUT2D eigenvalue weighted by atomic mass is 9.99. The second-order valence-corrected chi connectivity index (χ2v) is 9.07. The smallest absolute Gasteiger partial charge is 0.407 e. The number of benzene rings is 3. The normalized spacial score (nSPS) is 10.4. The molecule has 200 valence electrons. The van der Waals surface area contributed by atoms with Crippen LogP contribution in [0.25, 0.3) is 11.1 Å². The third-order valence-corrected chi connectivity index (χ3v) is 5.99. The van der Waals surface area contributed by atoms with Gasteiger partial charge in [0.1, 0.15) is 6.61 Å². The highest BCUT2D eigenvalue weighted by Crippen LogP contribution is 2.21. The predicted octanol–water partition coefficient (Wildman–Crippen LogP) is 5.21. The highest BCUT2D eigenvalue weighted by atomic mass is 16.5. The Morgan fingerprint density at radius 2 is 1.21 bits per heavy atom. The van der Waals surface area contributed by atoms with Gasteiger partial charge in [-0.3, -0.25) is 9.59 Å². The van der Waals surface area contributed by atoms with Crippen molar-refractivity contribution >= 4 is 18.0 Å². The first-order chi connectivity index (χ1) is 18.5. The molecule has 0 aliphatic carbocycles. The Hall–Kier alpha value is -4.13. The summed E-state index contributed by atoms with van der Waals surface area (Å²) in [5, 5.41) is 5.56. The van der Waals surface area contributed by atoms with Crippen molar-refractivity contribution in [2.75, 3.05) is 19.7 Å². The lowest BCUT2D eigenvalue weighted by Gasteiger charge is -2.08. The lowest BCUT2D eigenvalue weighted by Crippen LogP contribution is -2.29. The van der Waals surface area contributed by atoms with E-state index < -0.39 is 5.97 Å². The first-order valence-corrected chi connectivity index (χ1v) is 13.0. The summed E-state index contributed by atoms with van der Waals surface area (Å²) in [6.07, 6.45) is 4.11. The largest absolute Gasteiger partial charge is 0.456 e. The summed E-state index contributed by atoms with van der Waals surface area (Å²) in [7, 11) is 0. The van der Waals surface area contributed by atoms with Crippen molar-refractivity contribution in [2.24, 2.45) is 0 Å². The molecule has 0 unspecified atom stereocenters. The van der Waals surface area contributed by atoms with Gasteiger partial charge in [0.25, 0.3) is 5.91 Å². The summed E-state index contributed by atoms with van der Waals surface area (Å²) < 4.78 is 9.89. The van der Waals surface area contributed by atoms with Gasteiger partial charge in [-0.1, -0.05) is 78.9 Å². The first-order valence-electron chi connectivity index (χ1n) is 13.0. The van der Waals surface area contributed by atoms with Crippen molar-refractivity contribution in [2.45, 2.75) is 45.6 Å². The van der Waals surface area contributed by atoms with Crippen LogP contribution in [0.5, 0.6) is 0 Å². The molecule has 2 amide bonds. The maximum Gasteiger partial charge on any atom is 0.407 e. The zero-order valence-corrected chi connectivity index (χ0v) is 21.9. The molecular weight excluding hydrogens is 480 g/mol. The number of alkyl carbamates (subject to hydrolysis) is 1. The van der Waals surface area contributed by atoms with Gasteiger partial charge in [-0.2, -0.15) is 0 Å². The third kappa shape index (κ3) is 10.9. The summed E-state index contributed by atoms with van der Waals surface area (Å²) in [6, 6.07) is 26.7. The molecule has 3 aromatic rings. The molecule has 38 heavy (non-hydrogen) atoms. The average molecular weight is 517 g/mol. The second kappa shape index (κ2) is 15.9. The van der Waals surface area contributed by atoms with Crippen LogP contribution in [0.4, 0.5) is 4.79 Å². The number of carbonyl (C=O) groups excluding carboxylic acids is 3. The number of ether oxygens (including phenoxy) is 2. The monoisotopic (exact) mass is 516 g/mol. The quantitative estimate of drug-likeness (QED) is 0.227. The van der Waals surface area contributed by atoms with Gasteiger partial charge in [-0.05, 0) is 59.9 Å². The fourth-order valence-corrected chi connectivity index (χ4v) is 3.88. The molecule has 7 nitrogen and oxygen atoms in total. The molecule has 0 bridgehead atoms. The number of esters is 1. The van der Waals surface area contributed by atoms with E-state index in [0.717, 1.165) is 43.2 Å². The van der Waals surface area contributed by atoms with Crippen molar-refractivity contribution < 1.29 is 23.9 Å². The van der Waals surface area contributed by atoms with Crippen LogP contribution in [0.3, 0.4) is 0 Å². The molecular formula is C31H36N2O5. The molecule has 0 heterocycles. The summed E-state index contributed by atoms with van der Waals surface area (Å²) in [6.45, 7) is 2.46. The maximum absolute atomic E-state index is 11.8. The first kappa shape index (κ1) is 28.4. The molecule has 0 fully saturated rings. The zero-order chi connectivity index (χ0) is 27.0. The van der Waals surface area contributed by atoms with E-state index in [1.807, 2.05) is 30.3 Å². The van der Waals surface area contributed by atoms with Gasteiger partial charge in [0, 0.05) is 20.0 Å². The Kier molecular flexibility index (Phi) is 11.9. The highest BCUT2D eigenvalue weighted by molar-refractivity contribution is 5.79. The topological polar surface area (TPSA) is 93.7 Å². The summed E-state index contributed by atoms with van der Waals surface area (Å²) >= 11 is 0. The van der Waals surface area contributed by atoms with Crippen molar-refractivity contribution in [3.63, 3.8) is 0 Å². The van der Waals surface area contributed by atoms with E-state index in [4.69, 9.17) is 4.74 Å². The second-order valence-electron chi connectivity index (χ2n) is 9.07. The molecule has 0 aliphatic rings. The fourth-order valence-electron chi connectivity index (χ4n) is 3.88. The van der Waals surface area contributed by atoms with E-state index in [-0.39, 0.29) is 25.2 Å². The van der Waals surface area contributed by atoms with Crippen molar-refractivity contribution in [3.05, 3.63) is 95.6 Å². The van der Waals surface area contributed by atoms with Gasteiger partial charge in [0.15, 0.2) is 6.61 Å². The van der Waals surface area contributed by atoms with Gasteiger partial charge < -0.3 is 20.1 Å². The molecule has 0 aliphatic heterocycles. The third-order valence-electron chi connectivity index (χ3n) is 5.99. The fraction of sp³-hybridized carbons (Fsp3) is 0.323. The molecule has 2 N–H and O–H groups in total. The standard InChI is InChI=1S/C31H36N2O5/c1-24(34)37-23-30(35)32-21-7-11-26-14-18-29(19-15-26)28-16-12-25(13-17-28)8-5-6-20-33-31(36)38-22-27-9-3-2-4-10-27/h2-4,9-10,12-19H,5-8,11,20-23H2,1H3,(H,32,35)(H,33,36). The van der Waals surface area contributed by atoms with Crippen LogP contribution >= 0.6 is 0 Å². The Labute approximate surface area is 224 Å². The van der Waals surface area contributed by atoms with Gasteiger partial charge in [0.05, 0.1) is 0 Å². The molecule has 0 spiro atoms. The number of hydrogen-bond acceptors (Lipinski definition) is 5. The van der Waals surface area contributed by atoms with Gasteiger partial charge in [-0.15, -0.1) is 0 Å². The Morgan fingerprint density at radius 1 is 0.632 bits per heavy atom. The maximum atomic E-state index is 11.8. The van der Waals surface area contributed by atoms with E-state index in [2.05, 4.69) is 63.9 Å². The number of rotatable bonds is 14. The predicted molar refractivity (Wildman–Crippen MR) is 147 cm³/mol. The van der Waals surface area contributed by atoms with Crippen LogP contribution in [-0.4, -0.2) is 37.7 Å². The SMILES string of the molecule is CC(=O)OCC(=O)NCCCc1ccc(-c2ccc(CCCCNC(=O)OCc3ccccc3)cc2)cc1. The minimum absolute atomic E-state index is 0.230. The Balaban J connectivity index is 1.29. The van der Waals surface area contributed by atoms with Crippen LogP contribution in [0.1, 0.15) is 42.9 Å². The average Bonchev–Trinajstić information content (AvgIpc) is 2.94. The summed E-state index contributed by atoms with van der Waals surface area (Å²) in [4.78, 5) is 34.1. The molecule has 7 heteroatoms. The van der Waals surface area contributed by atoms with Crippen LogP contribution in [0.2, 0.25) is 0 Å². The molecule has 0 radical (unpaired) electrons. The van der Waals surface area contributed by atoms with E-state index in [9.17, 15) is 14.4 Å². The number of carbonyl (C=O) groups is 3. The number of amides is 2. The minimum Gasteiger partial charge on any atom is -0.456 e. The van der Waals surface area contributed by atoms with Crippen molar-refractivity contribution in [3.8, 4) is 11.1 Å². The molecule has 0 saturated carbocycles. The molecule has 0 saturated heterocycles. The Bertz CT molecular complexity index is 1150. The minimum atomic E-state index is -0.460. The number of aryl methyl sites for hydroxylation is 2. The molecule has 0 atom stereocenters. The van der Waals surface area contributed by atoms with E-state index >= 15 is 0 Å². The zero-order valence-electron chi connectivity index (χ0n) is 21.9. The van der Waals surface area contributed by atoms with E-state index in [0.29, 0.717) is 13.1 Å². The van der Waals surface area contributed by atoms with Crippen molar-refractivity contribution in [1.29, 1.82) is 0 Å². The van der Waals surface area contributed by atoms with Crippen molar-refractivity contribution in [1.82, 2.24) is 10.6 Å². The summed E-state index contributed by atoms with van der Waals surface area (Å²) in [5.41, 5.74) is 5.78. The number of nitrogens with one attached hydrogen (secondary N) is 2. The van der Waals surface area contributed by atoms with Gasteiger partial charge >= 0.3 is 12.1 Å². The van der Waals surface area contributed by atoms with Gasteiger partial charge in [-0.25, -0.2) is 4.79 Å². The Morgan fingerprint density at radius 3 is 1.82 bits per heavy atom. The van der Waals surface area contributed by atoms with Crippen LogP contribution in [0.15, 0.2) is 78.9 Å². The number of hydrogen-bond donors (Lipinski definition) is 2. The number of unbranched alkanes of at least 4 members (excludes halogenated alkanes) is 1. The van der Waals surface area contributed by atoms with E-state index in [1.165, 1.54) is 23.6 Å². The van der Waals surface area contributed by atoms with Crippen LogP contribution in [-0.2, 0) is 38.5 Å². The van der Waals surface area contributed by atoms with E-state index in [1.54, 1.807) is 0 Å².